The summed E-state index contributed by atoms with van der Waals surface area (Å²) in [4.78, 5) is 4.36. The first kappa shape index (κ1) is 25.6. The number of halogens is 1. The second kappa shape index (κ2) is 14.4. The minimum absolute atomic E-state index is 0. The van der Waals surface area contributed by atoms with E-state index >= 15 is 0 Å². The predicted molar refractivity (Wildman–Crippen MR) is 138 cm³/mol. The third-order valence-electron chi connectivity index (χ3n) is 5.58. The SMILES string of the molecule is CN=C(NCCCOC(C)c1ccccc1)NCC1CCCOC1c1ccccc1.I. The van der Waals surface area contributed by atoms with E-state index in [1.54, 1.807) is 0 Å². The zero-order chi connectivity index (χ0) is 21.0. The van der Waals surface area contributed by atoms with Crippen LogP contribution in [0.25, 0.3) is 0 Å². The lowest BCUT2D eigenvalue weighted by Crippen LogP contribution is -2.42. The van der Waals surface area contributed by atoms with Gasteiger partial charge < -0.3 is 20.1 Å². The first-order valence-corrected chi connectivity index (χ1v) is 11.1. The van der Waals surface area contributed by atoms with Crippen molar-refractivity contribution in [2.45, 2.75) is 38.4 Å². The molecule has 0 aliphatic carbocycles. The van der Waals surface area contributed by atoms with E-state index in [0.717, 1.165) is 44.9 Å². The third kappa shape index (κ3) is 8.43. The molecule has 2 aromatic rings. The van der Waals surface area contributed by atoms with E-state index in [1.165, 1.54) is 11.1 Å². The second-order valence-corrected chi connectivity index (χ2v) is 7.76. The Kier molecular flexibility index (Phi) is 11.9. The van der Waals surface area contributed by atoms with Gasteiger partial charge in [-0.15, -0.1) is 24.0 Å². The number of aliphatic imine (C=N–C) groups is 1. The van der Waals surface area contributed by atoms with E-state index < -0.39 is 0 Å². The van der Waals surface area contributed by atoms with Crippen LogP contribution in [0.4, 0.5) is 0 Å². The van der Waals surface area contributed by atoms with Crippen LogP contribution in [0, 0.1) is 5.92 Å². The highest BCUT2D eigenvalue weighted by Gasteiger charge is 2.27. The van der Waals surface area contributed by atoms with Gasteiger partial charge in [-0.2, -0.15) is 0 Å². The van der Waals surface area contributed by atoms with Crippen molar-refractivity contribution < 1.29 is 9.47 Å². The molecule has 0 amide bonds. The highest BCUT2D eigenvalue weighted by atomic mass is 127. The molecule has 1 fully saturated rings. The van der Waals surface area contributed by atoms with Crippen LogP contribution in [0.5, 0.6) is 0 Å². The topological polar surface area (TPSA) is 54.9 Å². The quantitative estimate of drug-likeness (QED) is 0.202. The van der Waals surface area contributed by atoms with E-state index in [4.69, 9.17) is 9.47 Å². The molecule has 31 heavy (non-hydrogen) atoms. The smallest absolute Gasteiger partial charge is 0.190 e. The largest absolute Gasteiger partial charge is 0.374 e. The molecule has 3 rings (SSSR count). The van der Waals surface area contributed by atoms with Crippen molar-refractivity contribution in [2.75, 3.05) is 33.4 Å². The average molecular weight is 537 g/mol. The standard InChI is InChI=1S/C25H35N3O2.HI/c1-20(21-11-5-3-6-12-21)29-18-10-16-27-25(26-2)28-19-23-15-9-17-30-24(23)22-13-7-4-8-14-22;/h3-8,11-14,20,23-24H,9-10,15-19H2,1-2H3,(H2,26,27,28);1H. The van der Waals surface area contributed by atoms with Gasteiger partial charge in [0.15, 0.2) is 5.96 Å². The molecule has 170 valence electrons. The van der Waals surface area contributed by atoms with Crippen LogP contribution in [0.3, 0.4) is 0 Å². The maximum absolute atomic E-state index is 6.10. The Hall–Kier alpha value is -1.64. The number of nitrogens with one attached hydrogen (secondary N) is 2. The third-order valence-corrected chi connectivity index (χ3v) is 5.58. The van der Waals surface area contributed by atoms with Crippen molar-refractivity contribution in [3.05, 3.63) is 71.8 Å². The fourth-order valence-corrected chi connectivity index (χ4v) is 3.87. The number of nitrogens with zero attached hydrogens (tertiary/aromatic N) is 1. The summed E-state index contributed by atoms with van der Waals surface area (Å²) in [7, 11) is 1.81. The molecule has 5 nitrogen and oxygen atoms in total. The Balaban J connectivity index is 0.00000341. The summed E-state index contributed by atoms with van der Waals surface area (Å²) in [6.07, 6.45) is 3.47. The normalized spacial score (nSPS) is 19.9. The summed E-state index contributed by atoms with van der Waals surface area (Å²) in [6.45, 7) is 5.32. The van der Waals surface area contributed by atoms with Crippen LogP contribution < -0.4 is 10.6 Å². The summed E-state index contributed by atoms with van der Waals surface area (Å²) in [6, 6.07) is 20.9. The minimum Gasteiger partial charge on any atom is -0.374 e. The van der Waals surface area contributed by atoms with Gasteiger partial charge in [0.05, 0.1) is 12.2 Å². The molecule has 1 aliphatic heterocycles. The van der Waals surface area contributed by atoms with E-state index in [9.17, 15) is 0 Å². The fourth-order valence-electron chi connectivity index (χ4n) is 3.87. The maximum atomic E-state index is 6.10. The zero-order valence-electron chi connectivity index (χ0n) is 18.6. The van der Waals surface area contributed by atoms with Crippen molar-refractivity contribution >= 4 is 29.9 Å². The summed E-state index contributed by atoms with van der Waals surface area (Å²) < 4.78 is 12.0. The van der Waals surface area contributed by atoms with Crippen LogP contribution >= 0.6 is 24.0 Å². The number of rotatable bonds is 9. The van der Waals surface area contributed by atoms with E-state index in [2.05, 4.69) is 65.0 Å². The van der Waals surface area contributed by atoms with Crippen LogP contribution in [-0.2, 0) is 9.47 Å². The number of guanidine groups is 1. The Morgan fingerprint density at radius 3 is 2.52 bits per heavy atom. The molecular weight excluding hydrogens is 501 g/mol. The molecule has 0 bridgehead atoms. The molecular formula is C25H36IN3O2. The van der Waals surface area contributed by atoms with Crippen molar-refractivity contribution in [1.29, 1.82) is 0 Å². The molecule has 2 aromatic carbocycles. The summed E-state index contributed by atoms with van der Waals surface area (Å²) >= 11 is 0. The van der Waals surface area contributed by atoms with E-state index in [1.807, 2.05) is 25.2 Å². The Bertz CT molecular complexity index is 758. The molecule has 0 radical (unpaired) electrons. The molecule has 1 saturated heterocycles. The van der Waals surface area contributed by atoms with Crippen LogP contribution in [0.2, 0.25) is 0 Å². The van der Waals surface area contributed by atoms with Gasteiger partial charge in [-0.25, -0.2) is 0 Å². The van der Waals surface area contributed by atoms with Gasteiger partial charge in [0.2, 0.25) is 0 Å². The van der Waals surface area contributed by atoms with Crippen molar-refractivity contribution in [1.82, 2.24) is 10.6 Å². The Labute approximate surface area is 204 Å². The lowest BCUT2D eigenvalue weighted by atomic mass is 9.89. The lowest BCUT2D eigenvalue weighted by molar-refractivity contribution is -0.0265. The first-order valence-electron chi connectivity index (χ1n) is 11.1. The van der Waals surface area contributed by atoms with Gasteiger partial charge in [0.1, 0.15) is 0 Å². The highest BCUT2D eigenvalue weighted by molar-refractivity contribution is 14.0. The second-order valence-electron chi connectivity index (χ2n) is 7.76. The Morgan fingerprint density at radius 2 is 1.81 bits per heavy atom. The van der Waals surface area contributed by atoms with Crippen LogP contribution in [0.15, 0.2) is 65.7 Å². The van der Waals surface area contributed by atoms with Crippen molar-refractivity contribution in [3.63, 3.8) is 0 Å². The summed E-state index contributed by atoms with van der Waals surface area (Å²) in [5, 5.41) is 6.88. The fraction of sp³-hybridized carbons (Fsp3) is 0.480. The van der Waals surface area contributed by atoms with Crippen molar-refractivity contribution in [3.8, 4) is 0 Å². The molecule has 0 aromatic heterocycles. The molecule has 6 heteroatoms. The molecule has 1 heterocycles. The molecule has 0 spiro atoms. The maximum Gasteiger partial charge on any atom is 0.190 e. The van der Waals surface area contributed by atoms with Gasteiger partial charge in [0.25, 0.3) is 0 Å². The van der Waals surface area contributed by atoms with E-state index in [-0.39, 0.29) is 36.2 Å². The number of benzene rings is 2. The average Bonchev–Trinajstić information content (AvgIpc) is 2.82. The Morgan fingerprint density at radius 1 is 1.10 bits per heavy atom. The molecule has 3 unspecified atom stereocenters. The van der Waals surface area contributed by atoms with Gasteiger partial charge in [0, 0.05) is 39.3 Å². The van der Waals surface area contributed by atoms with Gasteiger partial charge >= 0.3 is 0 Å². The first-order chi connectivity index (χ1) is 14.8. The molecule has 3 atom stereocenters. The lowest BCUT2D eigenvalue weighted by Gasteiger charge is -2.32. The summed E-state index contributed by atoms with van der Waals surface area (Å²) in [5.74, 6) is 1.28. The molecule has 2 N–H and O–H groups in total. The van der Waals surface area contributed by atoms with E-state index in [0.29, 0.717) is 12.5 Å². The minimum atomic E-state index is 0. The predicted octanol–water partition coefficient (Wildman–Crippen LogP) is 5.11. The van der Waals surface area contributed by atoms with Gasteiger partial charge in [-0.1, -0.05) is 60.7 Å². The highest BCUT2D eigenvalue weighted by Crippen LogP contribution is 2.33. The van der Waals surface area contributed by atoms with Crippen LogP contribution in [-0.4, -0.2) is 39.3 Å². The zero-order valence-corrected chi connectivity index (χ0v) is 21.0. The van der Waals surface area contributed by atoms with Gasteiger partial charge in [-0.05, 0) is 37.3 Å². The number of ether oxygens (including phenoxy) is 2. The number of hydrogen-bond acceptors (Lipinski definition) is 3. The monoisotopic (exact) mass is 537 g/mol. The van der Waals surface area contributed by atoms with Gasteiger partial charge in [-0.3, -0.25) is 4.99 Å². The van der Waals surface area contributed by atoms with Crippen molar-refractivity contribution in [2.24, 2.45) is 10.9 Å². The number of hydrogen-bond donors (Lipinski definition) is 2. The van der Waals surface area contributed by atoms with Crippen LogP contribution in [0.1, 0.15) is 49.5 Å². The summed E-state index contributed by atoms with van der Waals surface area (Å²) in [5.41, 5.74) is 2.47. The molecule has 0 saturated carbocycles. The molecule has 1 aliphatic rings.